The first-order valence-electron chi connectivity index (χ1n) is 9.91. The van der Waals surface area contributed by atoms with Crippen molar-refractivity contribution in [3.8, 4) is 5.69 Å². The number of ether oxygens (including phenoxy) is 1. The maximum absolute atomic E-state index is 13.4. The molecular formula is C21H25FN4O4. The van der Waals surface area contributed by atoms with Crippen LogP contribution in [0.3, 0.4) is 0 Å². The summed E-state index contributed by atoms with van der Waals surface area (Å²) in [5.41, 5.74) is -0.494. The van der Waals surface area contributed by atoms with E-state index in [2.05, 4.69) is 4.98 Å². The SMILES string of the molecule is CCOC(=O)[C@@H](C)n1cnc2c1c(=O)n(CCC(C)C)c(=O)n2-c1ccc(F)cc1. The van der Waals surface area contributed by atoms with Crippen molar-refractivity contribution in [2.45, 2.75) is 46.7 Å². The van der Waals surface area contributed by atoms with Crippen molar-refractivity contribution < 1.29 is 13.9 Å². The third-order valence-electron chi connectivity index (χ3n) is 4.92. The van der Waals surface area contributed by atoms with Crippen molar-refractivity contribution in [1.29, 1.82) is 0 Å². The van der Waals surface area contributed by atoms with E-state index in [1.807, 2.05) is 13.8 Å². The zero-order valence-corrected chi connectivity index (χ0v) is 17.5. The van der Waals surface area contributed by atoms with Crippen LogP contribution in [0.1, 0.15) is 40.2 Å². The molecule has 0 amide bonds. The highest BCUT2D eigenvalue weighted by Crippen LogP contribution is 2.18. The maximum atomic E-state index is 13.4. The number of carbonyl (C=O) groups excluding carboxylic acids is 1. The number of imidazole rings is 1. The predicted octanol–water partition coefficient (Wildman–Crippen LogP) is 2.66. The molecule has 2 heterocycles. The van der Waals surface area contributed by atoms with E-state index in [0.29, 0.717) is 12.1 Å². The predicted molar refractivity (Wildman–Crippen MR) is 110 cm³/mol. The van der Waals surface area contributed by atoms with Crippen LogP contribution in [0.15, 0.2) is 40.2 Å². The van der Waals surface area contributed by atoms with E-state index < -0.39 is 29.1 Å². The number of benzene rings is 1. The molecule has 0 saturated heterocycles. The van der Waals surface area contributed by atoms with Gasteiger partial charge in [-0.15, -0.1) is 0 Å². The van der Waals surface area contributed by atoms with E-state index in [-0.39, 0.29) is 30.2 Å². The van der Waals surface area contributed by atoms with Gasteiger partial charge in [-0.3, -0.25) is 9.36 Å². The van der Waals surface area contributed by atoms with Crippen LogP contribution in [0.25, 0.3) is 16.9 Å². The van der Waals surface area contributed by atoms with Crippen LogP contribution in [0, 0.1) is 11.7 Å². The van der Waals surface area contributed by atoms with Gasteiger partial charge < -0.3 is 9.30 Å². The second kappa shape index (κ2) is 8.64. The number of hydrogen-bond donors (Lipinski definition) is 0. The molecule has 0 fully saturated rings. The number of nitrogens with zero attached hydrogens (tertiary/aromatic N) is 4. The molecule has 0 radical (unpaired) electrons. The van der Waals surface area contributed by atoms with Crippen molar-refractivity contribution in [3.63, 3.8) is 0 Å². The minimum absolute atomic E-state index is 0.105. The first-order valence-corrected chi connectivity index (χ1v) is 9.91. The van der Waals surface area contributed by atoms with E-state index in [0.717, 1.165) is 4.57 Å². The van der Waals surface area contributed by atoms with Crippen molar-refractivity contribution in [3.05, 3.63) is 57.2 Å². The molecule has 3 rings (SSSR count). The molecule has 160 valence electrons. The smallest absolute Gasteiger partial charge is 0.337 e. The number of aromatic nitrogens is 4. The Hall–Kier alpha value is -3.23. The van der Waals surface area contributed by atoms with Gasteiger partial charge in [0, 0.05) is 6.54 Å². The highest BCUT2D eigenvalue weighted by molar-refractivity contribution is 5.79. The lowest BCUT2D eigenvalue weighted by Gasteiger charge is -2.15. The standard InChI is InChI=1S/C21H25FN4O4/c1-5-30-20(28)14(4)25-12-23-18-17(25)19(27)24(11-10-13(2)3)21(29)26(18)16-8-6-15(22)7-9-16/h6-9,12-14H,5,10-11H2,1-4H3/t14-/m1/s1. The molecule has 0 aliphatic heterocycles. The zero-order chi connectivity index (χ0) is 22.0. The van der Waals surface area contributed by atoms with Crippen LogP contribution >= 0.6 is 0 Å². The first kappa shape index (κ1) is 21.5. The molecule has 0 N–H and O–H groups in total. The lowest BCUT2D eigenvalue weighted by atomic mass is 10.1. The summed E-state index contributed by atoms with van der Waals surface area (Å²) in [6, 6.07) is 4.55. The Morgan fingerprint density at radius 1 is 1.17 bits per heavy atom. The molecule has 0 spiro atoms. The minimum Gasteiger partial charge on any atom is -0.464 e. The van der Waals surface area contributed by atoms with Crippen LogP contribution in [-0.2, 0) is 16.1 Å². The second-order valence-corrected chi connectivity index (χ2v) is 7.49. The van der Waals surface area contributed by atoms with Gasteiger partial charge in [-0.05, 0) is 50.5 Å². The Labute approximate surface area is 172 Å². The summed E-state index contributed by atoms with van der Waals surface area (Å²) in [5.74, 6) is -0.684. The number of halogens is 1. The molecule has 3 aromatic rings. The highest BCUT2D eigenvalue weighted by atomic mass is 19.1. The van der Waals surface area contributed by atoms with E-state index >= 15 is 0 Å². The van der Waals surface area contributed by atoms with Gasteiger partial charge in [0.2, 0.25) is 0 Å². The Morgan fingerprint density at radius 2 is 1.83 bits per heavy atom. The molecule has 0 aliphatic rings. The first-order chi connectivity index (χ1) is 14.3. The third kappa shape index (κ3) is 3.92. The number of esters is 1. The quantitative estimate of drug-likeness (QED) is 0.553. The average molecular weight is 416 g/mol. The fourth-order valence-corrected chi connectivity index (χ4v) is 3.22. The molecule has 0 aliphatic carbocycles. The molecule has 9 heteroatoms. The summed E-state index contributed by atoms with van der Waals surface area (Å²) in [5, 5.41) is 0. The molecule has 2 aromatic heterocycles. The number of carbonyl (C=O) groups is 1. The molecule has 8 nitrogen and oxygen atoms in total. The van der Waals surface area contributed by atoms with Crippen molar-refractivity contribution in [2.75, 3.05) is 6.61 Å². The Morgan fingerprint density at radius 3 is 2.43 bits per heavy atom. The third-order valence-corrected chi connectivity index (χ3v) is 4.92. The largest absolute Gasteiger partial charge is 0.464 e. The fraction of sp³-hybridized carbons (Fsp3) is 0.429. The Kier molecular flexibility index (Phi) is 6.19. The van der Waals surface area contributed by atoms with Crippen LogP contribution in [0.4, 0.5) is 4.39 Å². The summed E-state index contributed by atoms with van der Waals surface area (Å²) in [7, 11) is 0. The summed E-state index contributed by atoms with van der Waals surface area (Å²) >= 11 is 0. The molecule has 1 atom stereocenters. The molecule has 1 aromatic carbocycles. The van der Waals surface area contributed by atoms with Gasteiger partial charge in [0.1, 0.15) is 11.9 Å². The van der Waals surface area contributed by atoms with Gasteiger partial charge in [-0.1, -0.05) is 13.8 Å². The van der Waals surface area contributed by atoms with Gasteiger partial charge in [-0.2, -0.15) is 0 Å². The lowest BCUT2D eigenvalue weighted by molar-refractivity contribution is -0.146. The molecule has 30 heavy (non-hydrogen) atoms. The van der Waals surface area contributed by atoms with E-state index in [1.165, 1.54) is 39.7 Å². The number of rotatable bonds is 7. The fourth-order valence-electron chi connectivity index (χ4n) is 3.22. The summed E-state index contributed by atoms with van der Waals surface area (Å²) in [6.45, 7) is 7.70. The van der Waals surface area contributed by atoms with Gasteiger partial charge >= 0.3 is 11.7 Å². The minimum atomic E-state index is -0.805. The average Bonchev–Trinajstić information content (AvgIpc) is 3.13. The summed E-state index contributed by atoms with van der Waals surface area (Å²) in [6.07, 6.45) is 1.96. The summed E-state index contributed by atoms with van der Waals surface area (Å²) < 4.78 is 22.3. The van der Waals surface area contributed by atoms with Crippen molar-refractivity contribution in [1.82, 2.24) is 18.7 Å². The van der Waals surface area contributed by atoms with Crippen LogP contribution < -0.4 is 11.2 Å². The van der Waals surface area contributed by atoms with Gasteiger partial charge in [-0.25, -0.2) is 23.5 Å². The van der Waals surface area contributed by atoms with Gasteiger partial charge in [0.05, 0.1) is 18.6 Å². The van der Waals surface area contributed by atoms with Crippen molar-refractivity contribution in [2.24, 2.45) is 5.92 Å². The van der Waals surface area contributed by atoms with E-state index in [1.54, 1.807) is 13.8 Å². The van der Waals surface area contributed by atoms with Crippen LogP contribution in [0.5, 0.6) is 0 Å². The molecule has 0 bridgehead atoms. The van der Waals surface area contributed by atoms with E-state index in [9.17, 15) is 18.8 Å². The molecule has 0 unspecified atom stereocenters. The monoisotopic (exact) mass is 416 g/mol. The zero-order valence-electron chi connectivity index (χ0n) is 17.5. The second-order valence-electron chi connectivity index (χ2n) is 7.49. The molecule has 0 saturated carbocycles. The molecular weight excluding hydrogens is 391 g/mol. The van der Waals surface area contributed by atoms with Crippen LogP contribution in [0.2, 0.25) is 0 Å². The Balaban J connectivity index is 2.31. The van der Waals surface area contributed by atoms with E-state index in [4.69, 9.17) is 4.74 Å². The Bertz CT molecular complexity index is 1170. The van der Waals surface area contributed by atoms with Gasteiger partial charge in [0.25, 0.3) is 5.56 Å². The number of fused-ring (bicyclic) bond motifs is 1. The topological polar surface area (TPSA) is 88.1 Å². The maximum Gasteiger partial charge on any atom is 0.337 e. The van der Waals surface area contributed by atoms with Crippen LogP contribution in [-0.4, -0.2) is 31.3 Å². The summed E-state index contributed by atoms with van der Waals surface area (Å²) in [4.78, 5) is 43.0. The lowest BCUT2D eigenvalue weighted by Crippen LogP contribution is -2.40. The van der Waals surface area contributed by atoms with Crippen molar-refractivity contribution >= 4 is 17.1 Å². The normalized spacial score (nSPS) is 12.5. The number of hydrogen-bond acceptors (Lipinski definition) is 5. The van der Waals surface area contributed by atoms with Gasteiger partial charge in [0.15, 0.2) is 11.2 Å². The highest BCUT2D eigenvalue weighted by Gasteiger charge is 2.24.